The number of pyridine rings is 1. The summed E-state index contributed by atoms with van der Waals surface area (Å²) in [6, 6.07) is 0.917. The van der Waals surface area contributed by atoms with E-state index in [0.717, 1.165) is 12.3 Å². The van der Waals surface area contributed by atoms with Gasteiger partial charge < -0.3 is 4.98 Å². The van der Waals surface area contributed by atoms with Gasteiger partial charge in [-0.1, -0.05) is 0 Å². The van der Waals surface area contributed by atoms with Crippen LogP contribution in [-0.4, -0.2) is 15.0 Å². The lowest BCUT2D eigenvalue weighted by Crippen LogP contribution is -2.05. The van der Waals surface area contributed by atoms with Crippen LogP contribution in [0.3, 0.4) is 0 Å². The normalized spacial score (nSPS) is 12.2. The second-order valence-electron chi connectivity index (χ2n) is 2.46. The smallest absolute Gasteiger partial charge is 0.343 e. The minimum absolute atomic E-state index is 0.0741. The minimum Gasteiger partial charge on any atom is -0.343 e. The Morgan fingerprint density at radius 2 is 2.00 bits per heavy atom. The van der Waals surface area contributed by atoms with Crippen molar-refractivity contribution >= 4 is 11.2 Å². The molecule has 0 unspecified atom stereocenters. The van der Waals surface area contributed by atoms with Crippen LogP contribution in [0.5, 0.6) is 0 Å². The number of fused-ring (bicyclic) bond motifs is 1. The van der Waals surface area contributed by atoms with E-state index in [-0.39, 0.29) is 11.2 Å². The molecule has 2 heterocycles. The summed E-state index contributed by atoms with van der Waals surface area (Å²) < 4.78 is 37.0. The quantitative estimate of drug-likeness (QED) is 0.685. The third kappa shape index (κ3) is 1.24. The molecule has 0 bridgehead atoms. The van der Waals surface area contributed by atoms with Gasteiger partial charge in [-0.05, 0) is 6.07 Å². The molecule has 2 aromatic rings. The van der Waals surface area contributed by atoms with Gasteiger partial charge in [-0.2, -0.15) is 13.2 Å². The van der Waals surface area contributed by atoms with E-state index in [0.29, 0.717) is 0 Å². The number of aromatic amines is 1. The Hall–Kier alpha value is -1.59. The van der Waals surface area contributed by atoms with Gasteiger partial charge in [0.25, 0.3) is 0 Å². The largest absolute Gasteiger partial charge is 0.418 e. The lowest BCUT2D eigenvalue weighted by molar-refractivity contribution is -0.136. The molecule has 0 fully saturated rings. The van der Waals surface area contributed by atoms with Crippen LogP contribution >= 0.6 is 0 Å². The fraction of sp³-hybridized carbons (Fsp3) is 0.143. The Bertz CT molecular complexity index is 432. The van der Waals surface area contributed by atoms with Gasteiger partial charge in [-0.3, -0.25) is 0 Å². The SMILES string of the molecule is FC(F)(F)c1ccnc2nc[nH]c12. The second kappa shape index (κ2) is 2.45. The summed E-state index contributed by atoms with van der Waals surface area (Å²) in [5.41, 5.74) is -0.736. The monoisotopic (exact) mass is 187 g/mol. The van der Waals surface area contributed by atoms with Crippen molar-refractivity contribution in [3.63, 3.8) is 0 Å². The van der Waals surface area contributed by atoms with Crippen LogP contribution in [0.1, 0.15) is 5.56 Å². The molecule has 0 aliphatic carbocycles. The highest BCUT2D eigenvalue weighted by atomic mass is 19.4. The number of hydrogen-bond acceptors (Lipinski definition) is 2. The van der Waals surface area contributed by atoms with Crippen molar-refractivity contribution in [3.05, 3.63) is 24.2 Å². The maximum absolute atomic E-state index is 12.3. The van der Waals surface area contributed by atoms with Gasteiger partial charge in [0.05, 0.1) is 17.4 Å². The van der Waals surface area contributed by atoms with Crippen molar-refractivity contribution < 1.29 is 13.2 Å². The van der Waals surface area contributed by atoms with E-state index in [1.54, 1.807) is 0 Å². The van der Waals surface area contributed by atoms with E-state index in [4.69, 9.17) is 0 Å². The van der Waals surface area contributed by atoms with Crippen molar-refractivity contribution in [1.29, 1.82) is 0 Å². The number of alkyl halides is 3. The molecule has 0 saturated carbocycles. The highest BCUT2D eigenvalue weighted by molar-refractivity contribution is 5.74. The van der Waals surface area contributed by atoms with Crippen LogP contribution in [-0.2, 0) is 6.18 Å². The fourth-order valence-electron chi connectivity index (χ4n) is 1.09. The first-order valence-electron chi connectivity index (χ1n) is 3.44. The molecule has 0 aliphatic heterocycles. The fourth-order valence-corrected chi connectivity index (χ4v) is 1.09. The standard InChI is InChI=1S/C7H4F3N3/c8-7(9,10)4-1-2-11-6-5(4)12-3-13-6/h1-3H,(H,11,12,13). The van der Waals surface area contributed by atoms with Crippen molar-refractivity contribution in [1.82, 2.24) is 15.0 Å². The molecule has 0 spiro atoms. The Morgan fingerprint density at radius 3 is 2.69 bits per heavy atom. The predicted octanol–water partition coefficient (Wildman–Crippen LogP) is 1.98. The number of H-pyrrole nitrogens is 1. The summed E-state index contributed by atoms with van der Waals surface area (Å²) >= 11 is 0. The van der Waals surface area contributed by atoms with Gasteiger partial charge in [-0.15, -0.1) is 0 Å². The Kier molecular flexibility index (Phi) is 1.51. The van der Waals surface area contributed by atoms with Crippen LogP contribution in [0.15, 0.2) is 18.6 Å². The molecule has 3 nitrogen and oxygen atoms in total. The van der Waals surface area contributed by atoms with Crippen LogP contribution < -0.4 is 0 Å². The summed E-state index contributed by atoms with van der Waals surface area (Å²) in [5.74, 6) is 0. The van der Waals surface area contributed by atoms with Crippen molar-refractivity contribution in [2.75, 3.05) is 0 Å². The van der Waals surface area contributed by atoms with E-state index in [1.165, 1.54) is 6.33 Å². The first-order chi connectivity index (χ1) is 6.09. The van der Waals surface area contributed by atoms with Crippen LogP contribution in [0.4, 0.5) is 13.2 Å². The molecule has 68 valence electrons. The summed E-state index contributed by atoms with van der Waals surface area (Å²) in [5, 5.41) is 0. The molecule has 0 aromatic carbocycles. The summed E-state index contributed by atoms with van der Waals surface area (Å²) in [6.07, 6.45) is -2.09. The van der Waals surface area contributed by atoms with Crippen molar-refractivity contribution in [2.45, 2.75) is 6.18 Å². The first-order valence-corrected chi connectivity index (χ1v) is 3.44. The summed E-state index contributed by atoms with van der Waals surface area (Å²) in [6.45, 7) is 0. The predicted molar refractivity (Wildman–Crippen MR) is 38.9 cm³/mol. The maximum Gasteiger partial charge on any atom is 0.418 e. The van der Waals surface area contributed by atoms with Crippen LogP contribution in [0.25, 0.3) is 11.2 Å². The average molecular weight is 187 g/mol. The van der Waals surface area contributed by atoms with E-state index in [1.807, 2.05) is 0 Å². The Balaban J connectivity index is 2.75. The molecule has 0 aliphatic rings. The molecule has 0 atom stereocenters. The molecular formula is C7H4F3N3. The van der Waals surface area contributed by atoms with Gasteiger partial charge in [0.2, 0.25) is 0 Å². The number of halogens is 3. The zero-order chi connectivity index (χ0) is 9.47. The van der Waals surface area contributed by atoms with E-state index in [9.17, 15) is 13.2 Å². The first kappa shape index (κ1) is 8.03. The van der Waals surface area contributed by atoms with Gasteiger partial charge in [-0.25, -0.2) is 9.97 Å². The molecule has 0 amide bonds. The third-order valence-corrected chi connectivity index (χ3v) is 1.63. The van der Waals surface area contributed by atoms with Crippen molar-refractivity contribution in [2.24, 2.45) is 0 Å². The summed E-state index contributed by atoms with van der Waals surface area (Å²) in [7, 11) is 0. The Labute approximate surface area is 70.6 Å². The molecule has 6 heteroatoms. The number of hydrogen-bond donors (Lipinski definition) is 1. The number of imidazole rings is 1. The lowest BCUT2D eigenvalue weighted by Gasteiger charge is -2.05. The van der Waals surface area contributed by atoms with Gasteiger partial charge in [0.15, 0.2) is 5.65 Å². The molecule has 0 saturated heterocycles. The second-order valence-corrected chi connectivity index (χ2v) is 2.46. The summed E-state index contributed by atoms with van der Waals surface area (Å²) in [4.78, 5) is 9.70. The zero-order valence-electron chi connectivity index (χ0n) is 6.26. The number of nitrogens with zero attached hydrogens (tertiary/aromatic N) is 2. The Morgan fingerprint density at radius 1 is 1.23 bits per heavy atom. The topological polar surface area (TPSA) is 41.6 Å². The minimum atomic E-state index is -4.37. The third-order valence-electron chi connectivity index (χ3n) is 1.63. The van der Waals surface area contributed by atoms with E-state index in [2.05, 4.69) is 15.0 Å². The average Bonchev–Trinajstić information content (AvgIpc) is 2.48. The van der Waals surface area contributed by atoms with Crippen molar-refractivity contribution in [3.8, 4) is 0 Å². The molecule has 2 rings (SSSR count). The van der Waals surface area contributed by atoms with Gasteiger partial charge in [0.1, 0.15) is 0 Å². The highest BCUT2D eigenvalue weighted by Gasteiger charge is 2.33. The molecule has 2 aromatic heterocycles. The molecular weight excluding hydrogens is 183 g/mol. The number of rotatable bonds is 0. The molecule has 0 radical (unpaired) electrons. The molecule has 13 heavy (non-hydrogen) atoms. The molecule has 1 N–H and O–H groups in total. The highest BCUT2D eigenvalue weighted by Crippen LogP contribution is 2.32. The number of nitrogens with one attached hydrogen (secondary N) is 1. The van der Waals surface area contributed by atoms with Crippen LogP contribution in [0, 0.1) is 0 Å². The zero-order valence-corrected chi connectivity index (χ0v) is 6.26. The van der Waals surface area contributed by atoms with E-state index < -0.39 is 11.7 Å². The van der Waals surface area contributed by atoms with Gasteiger partial charge >= 0.3 is 6.18 Å². The number of aromatic nitrogens is 3. The van der Waals surface area contributed by atoms with Crippen LogP contribution in [0.2, 0.25) is 0 Å². The van der Waals surface area contributed by atoms with Gasteiger partial charge in [0, 0.05) is 6.20 Å². The maximum atomic E-state index is 12.3. The van der Waals surface area contributed by atoms with E-state index >= 15 is 0 Å². The lowest BCUT2D eigenvalue weighted by atomic mass is 10.2.